The lowest BCUT2D eigenvalue weighted by Crippen LogP contribution is -2.21. The number of fused-ring (bicyclic) bond motifs is 1. The van der Waals surface area contributed by atoms with Crippen molar-refractivity contribution in [1.82, 2.24) is 4.98 Å². The van der Waals surface area contributed by atoms with Crippen molar-refractivity contribution in [2.75, 3.05) is 5.32 Å². The van der Waals surface area contributed by atoms with Crippen LogP contribution >= 0.6 is 0 Å². The van der Waals surface area contributed by atoms with Crippen LogP contribution in [0.3, 0.4) is 0 Å². The number of phenols is 1. The second-order valence-electron chi connectivity index (χ2n) is 6.16. The Morgan fingerprint density at radius 1 is 0.889 bits per heavy atom. The van der Waals surface area contributed by atoms with Crippen LogP contribution in [-0.4, -0.2) is 16.0 Å². The molecule has 0 aliphatic carbocycles. The molecule has 0 atom stereocenters. The molecule has 0 saturated carbocycles. The third kappa shape index (κ3) is 3.30. The summed E-state index contributed by atoms with van der Waals surface area (Å²) in [5.74, 6) is -0.401. The van der Waals surface area contributed by atoms with Crippen LogP contribution < -0.4 is 10.7 Å². The van der Waals surface area contributed by atoms with Crippen LogP contribution in [0.5, 0.6) is 5.75 Å². The molecule has 4 aromatic rings. The van der Waals surface area contributed by atoms with Crippen molar-refractivity contribution in [3.05, 3.63) is 94.8 Å². The van der Waals surface area contributed by atoms with Gasteiger partial charge in [0.05, 0.1) is 0 Å². The normalized spacial score (nSPS) is 10.7. The molecule has 0 saturated heterocycles. The largest absolute Gasteiger partial charge is 0.508 e. The van der Waals surface area contributed by atoms with Crippen LogP contribution in [0.4, 0.5) is 5.69 Å². The minimum atomic E-state index is -0.504. The number of carbonyl (C=O) groups excluding carboxylic acids is 1. The fourth-order valence-electron chi connectivity index (χ4n) is 2.94. The van der Waals surface area contributed by atoms with Crippen molar-refractivity contribution >= 4 is 22.5 Å². The predicted molar refractivity (Wildman–Crippen MR) is 106 cm³/mol. The van der Waals surface area contributed by atoms with Crippen LogP contribution in [0, 0.1) is 0 Å². The first-order chi connectivity index (χ1) is 13.1. The molecule has 0 aliphatic rings. The molecule has 0 radical (unpaired) electrons. The van der Waals surface area contributed by atoms with Crippen LogP contribution in [0.25, 0.3) is 22.0 Å². The number of nitrogens with one attached hydrogen (secondary N) is 2. The maximum Gasteiger partial charge on any atom is 0.261 e. The second-order valence-corrected chi connectivity index (χ2v) is 6.16. The van der Waals surface area contributed by atoms with E-state index < -0.39 is 5.91 Å². The van der Waals surface area contributed by atoms with E-state index in [1.54, 1.807) is 18.2 Å². The number of amides is 1. The van der Waals surface area contributed by atoms with Gasteiger partial charge in [0, 0.05) is 22.8 Å². The first-order valence-electron chi connectivity index (χ1n) is 8.43. The third-order valence-corrected chi connectivity index (χ3v) is 4.36. The Morgan fingerprint density at radius 2 is 1.63 bits per heavy atom. The number of H-pyrrole nitrogens is 1. The van der Waals surface area contributed by atoms with Gasteiger partial charge >= 0.3 is 0 Å². The average Bonchev–Trinajstić information content (AvgIpc) is 2.70. The maximum atomic E-state index is 12.7. The molecule has 1 amide bonds. The number of aromatic hydroxyl groups is 1. The van der Waals surface area contributed by atoms with Crippen LogP contribution in [-0.2, 0) is 0 Å². The lowest BCUT2D eigenvalue weighted by Gasteiger charge is -2.07. The number of aromatic amines is 1. The summed E-state index contributed by atoms with van der Waals surface area (Å²) < 4.78 is 0. The zero-order chi connectivity index (χ0) is 18.8. The van der Waals surface area contributed by atoms with Crippen molar-refractivity contribution in [3.8, 4) is 16.9 Å². The Bertz CT molecular complexity index is 1180. The maximum absolute atomic E-state index is 12.7. The number of phenolic OH excluding ortho intramolecular Hbond substituents is 1. The molecule has 0 unspecified atom stereocenters. The lowest BCUT2D eigenvalue weighted by atomic mass is 10.0. The molecule has 132 valence electrons. The van der Waals surface area contributed by atoms with E-state index in [0.29, 0.717) is 16.6 Å². The number of aromatic nitrogens is 1. The highest BCUT2D eigenvalue weighted by atomic mass is 16.3. The van der Waals surface area contributed by atoms with Gasteiger partial charge in [-0.15, -0.1) is 0 Å². The number of rotatable bonds is 3. The fourth-order valence-corrected chi connectivity index (χ4v) is 2.94. The van der Waals surface area contributed by atoms with Gasteiger partial charge in [-0.3, -0.25) is 9.59 Å². The summed E-state index contributed by atoms with van der Waals surface area (Å²) in [5, 5.41) is 12.4. The smallest absolute Gasteiger partial charge is 0.261 e. The summed E-state index contributed by atoms with van der Waals surface area (Å²) in [6, 6.07) is 21.4. The lowest BCUT2D eigenvalue weighted by molar-refractivity contribution is 0.102. The van der Waals surface area contributed by atoms with Gasteiger partial charge in [0.1, 0.15) is 11.3 Å². The number of carbonyl (C=O) groups is 1. The zero-order valence-corrected chi connectivity index (χ0v) is 14.3. The molecule has 3 N–H and O–H groups in total. The molecule has 5 nitrogen and oxygen atoms in total. The van der Waals surface area contributed by atoms with Gasteiger partial charge in [0.2, 0.25) is 5.43 Å². The minimum absolute atomic E-state index is 0.0306. The summed E-state index contributed by atoms with van der Waals surface area (Å²) in [6.07, 6.45) is 1.43. The van der Waals surface area contributed by atoms with Crippen LogP contribution in [0.15, 0.2) is 83.8 Å². The molecular formula is C22H16N2O3. The third-order valence-electron chi connectivity index (χ3n) is 4.36. The molecule has 27 heavy (non-hydrogen) atoms. The Kier molecular flexibility index (Phi) is 4.18. The number of hydrogen-bond acceptors (Lipinski definition) is 3. The van der Waals surface area contributed by atoms with Crippen LogP contribution in [0.2, 0.25) is 0 Å². The van der Waals surface area contributed by atoms with E-state index in [0.717, 1.165) is 11.1 Å². The van der Waals surface area contributed by atoms with Crippen molar-refractivity contribution in [2.24, 2.45) is 0 Å². The molecule has 4 rings (SSSR count). The molecular weight excluding hydrogens is 340 g/mol. The molecule has 0 bridgehead atoms. The summed E-state index contributed by atoms with van der Waals surface area (Å²) in [7, 11) is 0. The van der Waals surface area contributed by atoms with E-state index >= 15 is 0 Å². The molecule has 3 aromatic carbocycles. The van der Waals surface area contributed by atoms with Gasteiger partial charge in [-0.25, -0.2) is 0 Å². The zero-order valence-electron chi connectivity index (χ0n) is 14.3. The molecule has 0 fully saturated rings. The summed E-state index contributed by atoms with van der Waals surface area (Å²) in [5.41, 5.74) is 2.90. The quantitative estimate of drug-likeness (QED) is 0.482. The van der Waals surface area contributed by atoms with E-state index in [2.05, 4.69) is 10.3 Å². The highest BCUT2D eigenvalue weighted by Gasteiger charge is 2.14. The van der Waals surface area contributed by atoms with Gasteiger partial charge in [0.15, 0.2) is 0 Å². The van der Waals surface area contributed by atoms with Gasteiger partial charge in [0.25, 0.3) is 5.91 Å². The summed E-state index contributed by atoms with van der Waals surface area (Å²) in [4.78, 5) is 28.2. The number of pyridine rings is 1. The first-order valence-corrected chi connectivity index (χ1v) is 8.43. The number of anilines is 1. The standard InChI is InChI=1S/C22H16N2O3/c25-17-9-7-16(8-10-17)24-22(27)19-13-23-20-12-15(6-11-18(20)21(19)26)14-4-2-1-3-5-14/h1-13,25H,(H,23,26)(H,24,27). The Hall–Kier alpha value is -3.86. The highest BCUT2D eigenvalue weighted by molar-refractivity contribution is 6.05. The van der Waals surface area contributed by atoms with Gasteiger partial charge < -0.3 is 15.4 Å². The monoisotopic (exact) mass is 356 g/mol. The number of hydrogen-bond donors (Lipinski definition) is 3. The topological polar surface area (TPSA) is 82.2 Å². The Balaban J connectivity index is 1.69. The van der Waals surface area contributed by atoms with E-state index in [9.17, 15) is 14.7 Å². The molecule has 0 aliphatic heterocycles. The predicted octanol–water partition coefficient (Wildman–Crippen LogP) is 4.15. The Morgan fingerprint density at radius 3 is 2.37 bits per heavy atom. The molecule has 0 spiro atoms. The van der Waals surface area contributed by atoms with E-state index in [-0.39, 0.29) is 16.7 Å². The van der Waals surface area contributed by atoms with Gasteiger partial charge in [-0.2, -0.15) is 0 Å². The van der Waals surface area contributed by atoms with Crippen molar-refractivity contribution in [1.29, 1.82) is 0 Å². The SMILES string of the molecule is O=C(Nc1ccc(O)cc1)c1c[nH]c2cc(-c3ccccc3)ccc2c1=O. The average molecular weight is 356 g/mol. The van der Waals surface area contributed by atoms with Gasteiger partial charge in [-0.05, 0) is 47.5 Å². The van der Waals surface area contributed by atoms with Crippen molar-refractivity contribution in [2.45, 2.75) is 0 Å². The van der Waals surface area contributed by atoms with E-state index in [1.807, 2.05) is 42.5 Å². The first kappa shape index (κ1) is 16.6. The summed E-state index contributed by atoms with van der Waals surface area (Å²) >= 11 is 0. The van der Waals surface area contributed by atoms with Gasteiger partial charge in [-0.1, -0.05) is 36.4 Å². The fraction of sp³-hybridized carbons (Fsp3) is 0. The van der Waals surface area contributed by atoms with Crippen LogP contribution in [0.1, 0.15) is 10.4 Å². The van der Waals surface area contributed by atoms with Crippen molar-refractivity contribution < 1.29 is 9.90 Å². The highest BCUT2D eigenvalue weighted by Crippen LogP contribution is 2.22. The summed E-state index contributed by atoms with van der Waals surface area (Å²) in [6.45, 7) is 0. The minimum Gasteiger partial charge on any atom is -0.508 e. The van der Waals surface area contributed by atoms with E-state index in [1.165, 1.54) is 18.3 Å². The molecule has 5 heteroatoms. The van der Waals surface area contributed by atoms with E-state index in [4.69, 9.17) is 0 Å². The molecule has 1 heterocycles. The van der Waals surface area contributed by atoms with Crippen molar-refractivity contribution in [3.63, 3.8) is 0 Å². The molecule has 1 aromatic heterocycles. The second kappa shape index (κ2) is 6.80. The number of benzene rings is 3. The Labute approximate surface area is 154 Å².